The fraction of sp³-hybridized carbons (Fsp3) is 0.364. The van der Waals surface area contributed by atoms with Crippen molar-refractivity contribution in [1.29, 1.82) is 0 Å². The van der Waals surface area contributed by atoms with Crippen molar-refractivity contribution in [1.82, 2.24) is 0 Å². The first-order valence-electron chi connectivity index (χ1n) is 4.90. The molecule has 2 rings (SSSR count). The van der Waals surface area contributed by atoms with Gasteiger partial charge in [-0.15, -0.1) is 0 Å². The Hall–Kier alpha value is -1.75. The zero-order chi connectivity index (χ0) is 11.7. The number of aryl methyl sites for hydroxylation is 1. The summed E-state index contributed by atoms with van der Waals surface area (Å²) in [7, 11) is 0. The summed E-state index contributed by atoms with van der Waals surface area (Å²) in [5.41, 5.74) is 1.06. The van der Waals surface area contributed by atoms with Gasteiger partial charge in [0.15, 0.2) is 17.6 Å². The molecule has 0 saturated carbocycles. The topological polar surface area (TPSA) is 76.0 Å². The van der Waals surface area contributed by atoms with Gasteiger partial charge in [-0.05, 0) is 24.6 Å². The van der Waals surface area contributed by atoms with Crippen LogP contribution in [0.25, 0.3) is 0 Å². The van der Waals surface area contributed by atoms with Crippen molar-refractivity contribution in [3.8, 4) is 11.5 Å². The Labute approximate surface area is 92.2 Å². The van der Waals surface area contributed by atoms with E-state index >= 15 is 0 Å². The Bertz CT molecular complexity index is 427. The van der Waals surface area contributed by atoms with E-state index in [1.165, 1.54) is 0 Å². The predicted octanol–water partition coefficient (Wildman–Crippen LogP) is 0.884. The van der Waals surface area contributed by atoms with Crippen LogP contribution in [0.3, 0.4) is 0 Å². The summed E-state index contributed by atoms with van der Waals surface area (Å²) in [4.78, 5) is 10.8. The van der Waals surface area contributed by atoms with Crippen LogP contribution in [0.1, 0.15) is 17.2 Å². The lowest BCUT2D eigenvalue weighted by Gasteiger charge is -2.22. The van der Waals surface area contributed by atoms with Crippen molar-refractivity contribution in [2.75, 3.05) is 13.2 Å². The van der Waals surface area contributed by atoms with Gasteiger partial charge in [-0.25, -0.2) is 4.79 Å². The van der Waals surface area contributed by atoms with E-state index < -0.39 is 12.1 Å². The maximum Gasteiger partial charge on any atom is 0.337 e. The van der Waals surface area contributed by atoms with Gasteiger partial charge in [0, 0.05) is 5.56 Å². The highest BCUT2D eigenvalue weighted by Crippen LogP contribution is 2.38. The van der Waals surface area contributed by atoms with E-state index in [4.69, 9.17) is 14.6 Å². The van der Waals surface area contributed by atoms with Crippen molar-refractivity contribution < 1.29 is 24.5 Å². The molecule has 5 heteroatoms. The largest absolute Gasteiger partial charge is 0.486 e. The van der Waals surface area contributed by atoms with E-state index in [1.54, 1.807) is 19.1 Å². The molecule has 1 unspecified atom stereocenters. The molecule has 0 fully saturated rings. The Morgan fingerprint density at radius 2 is 2.06 bits per heavy atom. The highest BCUT2D eigenvalue weighted by atomic mass is 16.6. The number of benzene rings is 1. The van der Waals surface area contributed by atoms with Crippen LogP contribution in [0.15, 0.2) is 12.1 Å². The van der Waals surface area contributed by atoms with Crippen LogP contribution >= 0.6 is 0 Å². The second-order valence-electron chi connectivity index (χ2n) is 3.62. The molecule has 16 heavy (non-hydrogen) atoms. The Morgan fingerprint density at radius 3 is 2.75 bits per heavy atom. The summed E-state index contributed by atoms with van der Waals surface area (Å²) in [6.45, 7) is 2.59. The summed E-state index contributed by atoms with van der Waals surface area (Å²) < 4.78 is 10.7. The standard InChI is InChI=1S/C11H12O5/c1-6-4-7(9(12)11(13)14)10-8(5-6)15-2-3-16-10/h4-5,9,12H,2-3H2,1H3,(H,13,14). The SMILES string of the molecule is Cc1cc2c(c(C(O)C(=O)O)c1)OCCO2. The summed E-state index contributed by atoms with van der Waals surface area (Å²) in [6, 6.07) is 3.35. The van der Waals surface area contributed by atoms with Crippen LogP contribution in [-0.2, 0) is 4.79 Å². The van der Waals surface area contributed by atoms with Gasteiger partial charge in [0.25, 0.3) is 0 Å². The molecule has 0 radical (unpaired) electrons. The van der Waals surface area contributed by atoms with E-state index in [0.29, 0.717) is 24.7 Å². The third kappa shape index (κ3) is 1.81. The Morgan fingerprint density at radius 1 is 1.38 bits per heavy atom. The van der Waals surface area contributed by atoms with Crippen LogP contribution in [0, 0.1) is 6.92 Å². The number of aliphatic hydroxyl groups excluding tert-OH is 1. The Balaban J connectivity index is 2.51. The summed E-state index contributed by atoms with van der Waals surface area (Å²) in [5, 5.41) is 18.3. The number of hydrogen-bond acceptors (Lipinski definition) is 4. The van der Waals surface area contributed by atoms with Gasteiger partial charge in [0.2, 0.25) is 0 Å². The zero-order valence-corrected chi connectivity index (χ0v) is 8.77. The fourth-order valence-electron chi connectivity index (χ4n) is 1.66. The van der Waals surface area contributed by atoms with Crippen LogP contribution in [-0.4, -0.2) is 29.4 Å². The quantitative estimate of drug-likeness (QED) is 0.780. The van der Waals surface area contributed by atoms with E-state index in [1.807, 2.05) is 0 Å². The van der Waals surface area contributed by atoms with E-state index in [9.17, 15) is 9.90 Å². The highest BCUT2D eigenvalue weighted by molar-refractivity contribution is 5.76. The summed E-state index contributed by atoms with van der Waals surface area (Å²) in [6.07, 6.45) is -1.59. The number of rotatable bonds is 2. The molecule has 5 nitrogen and oxygen atoms in total. The lowest BCUT2D eigenvalue weighted by atomic mass is 10.0. The number of hydrogen-bond donors (Lipinski definition) is 2. The second-order valence-corrected chi connectivity index (χ2v) is 3.62. The van der Waals surface area contributed by atoms with Crippen molar-refractivity contribution in [2.24, 2.45) is 0 Å². The molecule has 1 aromatic rings. The molecule has 0 spiro atoms. The van der Waals surface area contributed by atoms with Crippen LogP contribution in [0.5, 0.6) is 11.5 Å². The zero-order valence-electron chi connectivity index (χ0n) is 8.77. The van der Waals surface area contributed by atoms with Gasteiger partial charge in [0.05, 0.1) is 0 Å². The molecule has 1 atom stereocenters. The number of aliphatic carboxylic acids is 1. The molecule has 1 aromatic carbocycles. The second kappa shape index (κ2) is 4.02. The summed E-state index contributed by atoms with van der Waals surface area (Å²) in [5.74, 6) is -0.490. The first kappa shape index (κ1) is 10.8. The van der Waals surface area contributed by atoms with Gasteiger partial charge in [-0.3, -0.25) is 0 Å². The number of aliphatic hydroxyl groups is 1. The molecular weight excluding hydrogens is 212 g/mol. The lowest BCUT2D eigenvalue weighted by molar-refractivity contribution is -0.147. The normalized spacial score (nSPS) is 15.6. The molecule has 0 amide bonds. The number of carboxylic acid groups (broad SMARTS) is 1. The van der Waals surface area contributed by atoms with Gasteiger partial charge in [0.1, 0.15) is 13.2 Å². The third-order valence-electron chi connectivity index (χ3n) is 2.34. The number of fused-ring (bicyclic) bond motifs is 1. The minimum atomic E-state index is -1.59. The van der Waals surface area contributed by atoms with Crippen molar-refractivity contribution >= 4 is 5.97 Å². The first-order chi connectivity index (χ1) is 7.59. The summed E-state index contributed by atoms with van der Waals surface area (Å²) >= 11 is 0. The molecular formula is C11H12O5. The molecule has 0 aliphatic carbocycles. The fourth-order valence-corrected chi connectivity index (χ4v) is 1.66. The molecule has 0 bridgehead atoms. The Kier molecular flexibility index (Phi) is 2.70. The minimum Gasteiger partial charge on any atom is -0.486 e. The van der Waals surface area contributed by atoms with Gasteiger partial charge >= 0.3 is 5.97 Å². The van der Waals surface area contributed by atoms with Crippen molar-refractivity contribution in [3.63, 3.8) is 0 Å². The third-order valence-corrected chi connectivity index (χ3v) is 2.34. The number of ether oxygens (including phenoxy) is 2. The monoisotopic (exact) mass is 224 g/mol. The molecule has 0 saturated heterocycles. The van der Waals surface area contributed by atoms with Gasteiger partial charge in [-0.2, -0.15) is 0 Å². The molecule has 0 aromatic heterocycles. The average molecular weight is 224 g/mol. The maximum atomic E-state index is 10.8. The van der Waals surface area contributed by atoms with Crippen LogP contribution < -0.4 is 9.47 Å². The molecule has 1 heterocycles. The highest BCUT2D eigenvalue weighted by Gasteiger charge is 2.25. The average Bonchev–Trinajstić information content (AvgIpc) is 2.26. The minimum absolute atomic E-state index is 0.238. The van der Waals surface area contributed by atoms with Crippen molar-refractivity contribution in [2.45, 2.75) is 13.0 Å². The van der Waals surface area contributed by atoms with Crippen LogP contribution in [0.2, 0.25) is 0 Å². The molecule has 86 valence electrons. The molecule has 2 N–H and O–H groups in total. The first-order valence-corrected chi connectivity index (χ1v) is 4.90. The van der Waals surface area contributed by atoms with Crippen molar-refractivity contribution in [3.05, 3.63) is 23.3 Å². The predicted molar refractivity (Wildman–Crippen MR) is 54.8 cm³/mol. The van der Waals surface area contributed by atoms with Gasteiger partial charge < -0.3 is 19.7 Å². The van der Waals surface area contributed by atoms with E-state index in [-0.39, 0.29) is 5.56 Å². The number of carboxylic acids is 1. The molecule has 1 aliphatic heterocycles. The van der Waals surface area contributed by atoms with E-state index in [2.05, 4.69) is 0 Å². The van der Waals surface area contributed by atoms with E-state index in [0.717, 1.165) is 5.56 Å². The number of carbonyl (C=O) groups is 1. The smallest absolute Gasteiger partial charge is 0.337 e. The van der Waals surface area contributed by atoms with Crippen LogP contribution in [0.4, 0.5) is 0 Å². The molecule has 1 aliphatic rings. The lowest BCUT2D eigenvalue weighted by Crippen LogP contribution is -2.19. The van der Waals surface area contributed by atoms with Gasteiger partial charge in [-0.1, -0.05) is 0 Å². The maximum absolute atomic E-state index is 10.8.